The Morgan fingerprint density at radius 1 is 1.00 bits per heavy atom. The molecule has 1 heterocycles. The van der Waals surface area contributed by atoms with Crippen LogP contribution in [0.5, 0.6) is 0 Å². The number of hydrogen-bond donors (Lipinski definition) is 0. The molecule has 0 saturated heterocycles. The molecule has 14 heavy (non-hydrogen) atoms. The average Bonchev–Trinajstić information content (AvgIpc) is 2.27. The molecule has 0 fully saturated rings. The van der Waals surface area contributed by atoms with E-state index in [1.807, 2.05) is 0 Å². The number of hydrogen-bond acceptors (Lipinski definition) is 0. The Balaban J connectivity index is 3.35. The van der Waals surface area contributed by atoms with E-state index in [2.05, 4.69) is 53.9 Å². The summed E-state index contributed by atoms with van der Waals surface area (Å²) in [7, 11) is 0. The van der Waals surface area contributed by atoms with Crippen molar-refractivity contribution in [2.75, 3.05) is 0 Å². The van der Waals surface area contributed by atoms with Gasteiger partial charge < -0.3 is 0 Å². The molecule has 1 nitrogen and oxygen atoms in total. The van der Waals surface area contributed by atoms with E-state index in [-0.39, 0.29) is 10.8 Å². The van der Waals surface area contributed by atoms with E-state index in [0.717, 1.165) is 0 Å². The van der Waals surface area contributed by atoms with Gasteiger partial charge in [0.1, 0.15) is 0 Å². The Kier molecular flexibility index (Phi) is 3.63. The van der Waals surface area contributed by atoms with Gasteiger partial charge in [0.25, 0.3) is 0 Å². The quantitative estimate of drug-likeness (QED) is 0.625. The molecular weight excluding hydrogens is 384 g/mol. The van der Waals surface area contributed by atoms with E-state index in [1.165, 1.54) is 5.56 Å². The van der Waals surface area contributed by atoms with E-state index < -0.39 is 0 Å². The third kappa shape index (κ3) is 2.65. The molecule has 1 aromatic heterocycles. The van der Waals surface area contributed by atoms with Crippen LogP contribution in [0.25, 0.3) is 0 Å². The van der Waals surface area contributed by atoms with Crippen LogP contribution < -0.4 is 0 Å². The predicted molar refractivity (Wildman–Crippen MR) is 58.6 cm³/mol. The van der Waals surface area contributed by atoms with Gasteiger partial charge in [0.2, 0.25) is 0 Å². The van der Waals surface area contributed by atoms with Gasteiger partial charge in [-0.05, 0) is 0 Å². The van der Waals surface area contributed by atoms with Crippen LogP contribution in [0, 0.1) is 43.2 Å². The predicted octanol–water partition coefficient (Wildman–Crippen LogP) is 3.13. The molecule has 0 aliphatic rings. The second-order valence-corrected chi connectivity index (χ2v) is 10.1. The van der Waals surface area contributed by atoms with Gasteiger partial charge >= 0.3 is 119 Å². The summed E-state index contributed by atoms with van der Waals surface area (Å²) in [5, 5.41) is 0. The summed E-state index contributed by atoms with van der Waals surface area (Å²) in [4.78, 5) is 0. The number of nitrogens with zero attached hydrogens (tertiary/aromatic N) is 1. The van der Waals surface area contributed by atoms with Crippen molar-refractivity contribution in [1.29, 1.82) is 0 Å². The third-order valence-corrected chi connectivity index (χ3v) is 5.65. The minimum absolute atomic E-state index is 0.277. The second kappa shape index (κ2) is 3.96. The second-order valence-electron chi connectivity index (χ2n) is 6.19. The molecular formula is C12H21NRa. The van der Waals surface area contributed by atoms with Gasteiger partial charge in [0, 0.05) is 0 Å². The monoisotopic (exact) mass is 405 g/mol. The van der Waals surface area contributed by atoms with Crippen molar-refractivity contribution in [3.05, 3.63) is 23.5 Å². The zero-order valence-corrected chi connectivity index (χ0v) is 18.8. The van der Waals surface area contributed by atoms with Crippen molar-refractivity contribution in [1.82, 2.24) is 0.0986 Å². The van der Waals surface area contributed by atoms with Crippen LogP contribution in [0.2, 0.25) is 0 Å². The van der Waals surface area contributed by atoms with Crippen molar-refractivity contribution < 1.29 is 43.2 Å². The zero-order chi connectivity index (χ0) is 11.1. The van der Waals surface area contributed by atoms with E-state index in [9.17, 15) is 0 Å². The first-order valence-corrected chi connectivity index (χ1v) is 8.98. The van der Waals surface area contributed by atoms with E-state index >= 15 is 0 Å². The van der Waals surface area contributed by atoms with Crippen LogP contribution in [0.1, 0.15) is 52.8 Å². The van der Waals surface area contributed by atoms with Crippen molar-refractivity contribution in [3.63, 3.8) is 0 Å². The van der Waals surface area contributed by atoms with Gasteiger partial charge in [-0.1, -0.05) is 0 Å². The van der Waals surface area contributed by atoms with Crippen molar-refractivity contribution in [3.8, 4) is 0 Å². The maximum atomic E-state index is 2.48. The van der Waals surface area contributed by atoms with E-state index in [1.54, 1.807) is 5.69 Å². The standard InChI is InChI=1S/C12H20N.Ra.H/c1-11(2,3)9-7-8-13-10(9)12(4,5)6;;/h7-8H,1-6H3;;/q-1;+1;. The molecule has 2 heteroatoms. The van der Waals surface area contributed by atoms with Crippen molar-refractivity contribution in [2.24, 2.45) is 0 Å². The molecule has 1 aromatic rings. The Morgan fingerprint density at radius 2 is 1.50 bits per heavy atom. The maximum absolute atomic E-state index is 2.48. The fourth-order valence-electron chi connectivity index (χ4n) is 2.07. The van der Waals surface area contributed by atoms with Crippen molar-refractivity contribution >= 4 is 0 Å². The normalized spacial score (nSPS) is 13.2. The summed E-state index contributed by atoms with van der Waals surface area (Å²) in [6.45, 7) is 13.8. The molecule has 0 bridgehead atoms. The molecule has 0 radical (unpaired) electrons. The van der Waals surface area contributed by atoms with Crippen LogP contribution in [0.3, 0.4) is 0 Å². The fourth-order valence-corrected chi connectivity index (χ4v) is 6.43. The van der Waals surface area contributed by atoms with Crippen LogP contribution in [-0.4, -0.2) is 0.0986 Å². The van der Waals surface area contributed by atoms with E-state index in [0.29, 0.717) is 43.2 Å². The summed E-state index contributed by atoms with van der Waals surface area (Å²) in [6, 6.07) is 2.31. The molecule has 0 N–H and O–H groups in total. The Hall–Kier alpha value is 0.748. The van der Waals surface area contributed by atoms with Gasteiger partial charge in [0.15, 0.2) is 0 Å². The van der Waals surface area contributed by atoms with E-state index in [4.69, 9.17) is 0 Å². The molecule has 0 unspecified atom stereocenters. The summed E-state index contributed by atoms with van der Waals surface area (Å²) in [5.41, 5.74) is 3.63. The molecule has 0 aromatic carbocycles. The van der Waals surface area contributed by atoms with Crippen LogP contribution in [0.4, 0.5) is 0 Å². The first kappa shape index (κ1) is 12.8. The van der Waals surface area contributed by atoms with Gasteiger partial charge in [-0.25, -0.2) is 0 Å². The summed E-state index contributed by atoms with van der Waals surface area (Å²) < 4.78 is 2.48. The molecule has 76 valence electrons. The number of rotatable bonds is 0. The van der Waals surface area contributed by atoms with Crippen LogP contribution in [0.15, 0.2) is 12.3 Å². The SMILES string of the molecule is CC(C)(C)c1cc[n]([RaH])c1C(C)(C)C. The topological polar surface area (TPSA) is 4.93 Å². The average molecular weight is 405 g/mol. The van der Waals surface area contributed by atoms with Gasteiger partial charge in [0.05, 0.1) is 0 Å². The molecule has 0 aliphatic carbocycles. The molecule has 0 atom stereocenters. The van der Waals surface area contributed by atoms with Crippen LogP contribution in [-0.2, 0) is 10.8 Å². The fraction of sp³-hybridized carbons (Fsp3) is 0.667. The number of aromatic nitrogens is 1. The Labute approximate surface area is 118 Å². The summed E-state index contributed by atoms with van der Waals surface area (Å²) >= 11 is 0.387. The molecule has 0 aliphatic heterocycles. The Morgan fingerprint density at radius 3 is 1.79 bits per heavy atom. The Bertz CT molecular complexity index is 323. The molecule has 0 saturated carbocycles. The van der Waals surface area contributed by atoms with Gasteiger partial charge in [-0.15, -0.1) is 0 Å². The van der Waals surface area contributed by atoms with Crippen molar-refractivity contribution in [2.45, 2.75) is 52.4 Å². The summed E-state index contributed by atoms with van der Waals surface area (Å²) in [5.74, 6) is 0. The first-order chi connectivity index (χ1) is 6.14. The third-order valence-electron chi connectivity index (χ3n) is 2.59. The van der Waals surface area contributed by atoms with Gasteiger partial charge in [-0.3, -0.25) is 0 Å². The molecule has 1 rings (SSSR count). The molecule has 0 amide bonds. The van der Waals surface area contributed by atoms with Gasteiger partial charge in [-0.2, -0.15) is 0 Å². The minimum atomic E-state index is 0.277. The zero-order valence-electron chi connectivity index (χ0n) is 10.6. The summed E-state index contributed by atoms with van der Waals surface area (Å²) in [6.07, 6.45) is 2.27. The van der Waals surface area contributed by atoms with Crippen LogP contribution >= 0.6 is 0 Å². The first-order valence-electron chi connectivity index (χ1n) is 5.30. The molecule has 0 spiro atoms.